The first-order chi connectivity index (χ1) is 12.5. The Balaban J connectivity index is 2.34. The molecule has 0 spiro atoms. The van der Waals surface area contributed by atoms with E-state index in [9.17, 15) is 13.2 Å². The molecule has 0 fully saturated rings. The highest BCUT2D eigenvalue weighted by Gasteiger charge is 2.23. The molecule has 2 rings (SSSR count). The number of amides is 1. The maximum atomic E-state index is 12.7. The number of aryl methyl sites for hydroxylation is 2. The van der Waals surface area contributed by atoms with Gasteiger partial charge >= 0.3 is 0 Å². The number of nitrogens with zero attached hydrogens (tertiary/aromatic N) is 1. The van der Waals surface area contributed by atoms with E-state index in [0.717, 1.165) is 27.4 Å². The summed E-state index contributed by atoms with van der Waals surface area (Å²) in [7, 11) is -3.65. The molecule has 0 aromatic heterocycles. The van der Waals surface area contributed by atoms with Crippen LogP contribution in [0.4, 0.5) is 11.4 Å². The van der Waals surface area contributed by atoms with Gasteiger partial charge in [-0.3, -0.25) is 9.10 Å². The number of carbonyl (C=O) groups excluding carboxylic acids is 1. The van der Waals surface area contributed by atoms with Gasteiger partial charge in [0.05, 0.1) is 11.9 Å². The number of para-hydroxylation sites is 1. The van der Waals surface area contributed by atoms with Gasteiger partial charge in [0.25, 0.3) is 0 Å². The smallest absolute Gasteiger partial charge is 0.245 e. The molecule has 0 unspecified atom stereocenters. The van der Waals surface area contributed by atoms with Crippen molar-refractivity contribution in [2.75, 3.05) is 22.4 Å². The third-order valence-electron chi connectivity index (χ3n) is 4.31. The summed E-state index contributed by atoms with van der Waals surface area (Å²) in [5, 5.41) is 3.40. The highest BCUT2D eigenvalue weighted by Crippen LogP contribution is 2.28. The highest BCUT2D eigenvalue weighted by molar-refractivity contribution is 7.92. The fraction of sp³-hybridized carbons (Fsp3) is 0.350. The minimum Gasteiger partial charge on any atom is -0.324 e. The van der Waals surface area contributed by atoms with E-state index in [0.29, 0.717) is 16.3 Å². The van der Waals surface area contributed by atoms with Crippen molar-refractivity contribution < 1.29 is 13.2 Å². The Morgan fingerprint density at radius 1 is 1.15 bits per heavy atom. The standard InChI is InChI=1S/C20H25ClN2O3S/c1-13(2)17-8-6-7-14(3)20(17)22-19(24)12-23(27(5,25)26)18-10-9-16(21)11-15(18)4/h6-11,13H,12H2,1-5H3,(H,22,24). The minimum absolute atomic E-state index is 0.227. The normalized spacial score (nSPS) is 11.5. The van der Waals surface area contributed by atoms with Crippen LogP contribution in [0.5, 0.6) is 0 Å². The lowest BCUT2D eigenvalue weighted by atomic mass is 9.98. The van der Waals surface area contributed by atoms with Crippen LogP contribution in [0, 0.1) is 13.8 Å². The molecule has 0 atom stereocenters. The second-order valence-electron chi connectivity index (χ2n) is 6.94. The maximum Gasteiger partial charge on any atom is 0.245 e. The quantitative estimate of drug-likeness (QED) is 0.765. The van der Waals surface area contributed by atoms with E-state index >= 15 is 0 Å². The van der Waals surface area contributed by atoms with E-state index in [1.54, 1.807) is 25.1 Å². The summed E-state index contributed by atoms with van der Waals surface area (Å²) in [5.41, 5.74) is 3.80. The number of sulfonamides is 1. The Hall–Kier alpha value is -2.05. The topological polar surface area (TPSA) is 66.5 Å². The lowest BCUT2D eigenvalue weighted by molar-refractivity contribution is -0.114. The Bertz CT molecular complexity index is 956. The fourth-order valence-electron chi connectivity index (χ4n) is 2.93. The van der Waals surface area contributed by atoms with Crippen LogP contribution >= 0.6 is 11.6 Å². The van der Waals surface area contributed by atoms with Crippen LogP contribution in [0.3, 0.4) is 0 Å². The van der Waals surface area contributed by atoms with Crippen molar-refractivity contribution in [1.29, 1.82) is 0 Å². The molecule has 27 heavy (non-hydrogen) atoms. The lowest BCUT2D eigenvalue weighted by Gasteiger charge is -2.24. The summed E-state index contributed by atoms with van der Waals surface area (Å²) in [6, 6.07) is 10.7. The number of anilines is 2. The molecule has 0 bridgehead atoms. The van der Waals surface area contributed by atoms with Crippen molar-refractivity contribution in [3.8, 4) is 0 Å². The molecule has 0 saturated carbocycles. The Kier molecular flexibility index (Phi) is 6.54. The summed E-state index contributed by atoms with van der Waals surface area (Å²) in [6.45, 7) is 7.45. The molecule has 0 aliphatic heterocycles. The number of benzene rings is 2. The average Bonchev–Trinajstić information content (AvgIpc) is 2.54. The van der Waals surface area contributed by atoms with E-state index in [1.165, 1.54) is 0 Å². The van der Waals surface area contributed by atoms with Crippen molar-refractivity contribution in [2.45, 2.75) is 33.6 Å². The lowest BCUT2D eigenvalue weighted by Crippen LogP contribution is -2.38. The van der Waals surface area contributed by atoms with Gasteiger partial charge in [-0.1, -0.05) is 43.6 Å². The molecule has 2 aromatic carbocycles. The summed E-state index contributed by atoms with van der Waals surface area (Å²) < 4.78 is 25.7. The van der Waals surface area contributed by atoms with Gasteiger partial charge in [-0.2, -0.15) is 0 Å². The third-order valence-corrected chi connectivity index (χ3v) is 5.67. The molecule has 1 amide bonds. The van der Waals surface area contributed by atoms with E-state index in [4.69, 9.17) is 11.6 Å². The summed E-state index contributed by atoms with van der Waals surface area (Å²) >= 11 is 5.97. The first-order valence-corrected chi connectivity index (χ1v) is 10.9. The predicted octanol–water partition coefficient (Wildman–Crippen LogP) is 4.48. The van der Waals surface area contributed by atoms with Crippen molar-refractivity contribution >= 4 is 38.9 Å². The molecule has 5 nitrogen and oxygen atoms in total. The van der Waals surface area contributed by atoms with E-state index in [1.807, 2.05) is 39.0 Å². The zero-order valence-electron chi connectivity index (χ0n) is 16.2. The molecule has 0 aliphatic carbocycles. The number of carbonyl (C=O) groups is 1. The minimum atomic E-state index is -3.65. The van der Waals surface area contributed by atoms with E-state index < -0.39 is 15.9 Å². The Morgan fingerprint density at radius 3 is 2.37 bits per heavy atom. The number of hydrogen-bond donors (Lipinski definition) is 1. The summed E-state index contributed by atoms with van der Waals surface area (Å²) in [6.07, 6.45) is 1.08. The highest BCUT2D eigenvalue weighted by atomic mass is 35.5. The van der Waals surface area contributed by atoms with Crippen LogP contribution in [0.25, 0.3) is 0 Å². The van der Waals surface area contributed by atoms with Gasteiger partial charge in [-0.05, 0) is 54.7 Å². The van der Waals surface area contributed by atoms with Gasteiger partial charge in [0.2, 0.25) is 15.9 Å². The van der Waals surface area contributed by atoms with Gasteiger partial charge in [-0.25, -0.2) is 8.42 Å². The molecule has 0 radical (unpaired) electrons. The van der Waals surface area contributed by atoms with Crippen LogP contribution < -0.4 is 9.62 Å². The molecule has 0 heterocycles. The second-order valence-corrected chi connectivity index (χ2v) is 9.29. The maximum absolute atomic E-state index is 12.7. The van der Waals surface area contributed by atoms with Crippen LogP contribution in [0.1, 0.15) is 36.5 Å². The van der Waals surface area contributed by atoms with Gasteiger partial charge in [0.1, 0.15) is 6.54 Å². The zero-order chi connectivity index (χ0) is 20.4. The van der Waals surface area contributed by atoms with Gasteiger partial charge < -0.3 is 5.32 Å². The van der Waals surface area contributed by atoms with Crippen molar-refractivity contribution in [2.24, 2.45) is 0 Å². The number of nitrogens with one attached hydrogen (secondary N) is 1. The largest absolute Gasteiger partial charge is 0.324 e. The van der Waals surface area contributed by atoms with Gasteiger partial charge in [-0.15, -0.1) is 0 Å². The van der Waals surface area contributed by atoms with Gasteiger partial charge in [0, 0.05) is 10.7 Å². The first-order valence-electron chi connectivity index (χ1n) is 8.64. The van der Waals surface area contributed by atoms with Crippen molar-refractivity contribution in [1.82, 2.24) is 0 Å². The molecule has 7 heteroatoms. The van der Waals surface area contributed by atoms with Crippen molar-refractivity contribution in [3.05, 3.63) is 58.1 Å². The fourth-order valence-corrected chi connectivity index (χ4v) is 4.07. The molecular formula is C20H25ClN2O3S. The number of halogens is 1. The molecule has 0 aliphatic rings. The molecular weight excluding hydrogens is 384 g/mol. The second kappa shape index (κ2) is 8.31. The number of hydrogen-bond acceptors (Lipinski definition) is 3. The Labute approximate surface area is 166 Å². The molecule has 2 aromatic rings. The van der Waals surface area contributed by atoms with Crippen molar-refractivity contribution in [3.63, 3.8) is 0 Å². The van der Waals surface area contributed by atoms with Crippen LogP contribution in [0.15, 0.2) is 36.4 Å². The first kappa shape index (κ1) is 21.3. The third kappa shape index (κ3) is 5.23. The van der Waals surface area contributed by atoms with Crippen LogP contribution in [-0.4, -0.2) is 27.1 Å². The van der Waals surface area contributed by atoms with Crippen LogP contribution in [0.2, 0.25) is 5.02 Å². The van der Waals surface area contributed by atoms with Crippen LogP contribution in [-0.2, 0) is 14.8 Å². The predicted molar refractivity (Wildman–Crippen MR) is 112 cm³/mol. The molecule has 1 N–H and O–H groups in total. The van der Waals surface area contributed by atoms with E-state index in [2.05, 4.69) is 5.32 Å². The molecule has 146 valence electrons. The zero-order valence-corrected chi connectivity index (χ0v) is 17.8. The van der Waals surface area contributed by atoms with E-state index in [-0.39, 0.29) is 12.5 Å². The average molecular weight is 409 g/mol. The monoisotopic (exact) mass is 408 g/mol. The molecule has 0 saturated heterocycles. The van der Waals surface area contributed by atoms with Gasteiger partial charge in [0.15, 0.2) is 0 Å². The number of rotatable bonds is 6. The SMILES string of the molecule is Cc1cc(Cl)ccc1N(CC(=O)Nc1c(C)cccc1C(C)C)S(C)(=O)=O. The summed E-state index contributed by atoms with van der Waals surface area (Å²) in [4.78, 5) is 12.7. The Morgan fingerprint density at radius 2 is 1.81 bits per heavy atom. The summed E-state index contributed by atoms with van der Waals surface area (Å²) in [5.74, 6) is -0.171.